The van der Waals surface area contributed by atoms with Gasteiger partial charge >= 0.3 is 0 Å². The first-order valence-corrected chi connectivity index (χ1v) is 8.23. The molecule has 0 nitrogen and oxygen atoms in total. The Labute approximate surface area is 110 Å². The molecule has 1 unspecified atom stereocenters. The van der Waals surface area contributed by atoms with Gasteiger partial charge < -0.3 is 0 Å². The van der Waals surface area contributed by atoms with E-state index >= 15 is 0 Å². The molecule has 0 amide bonds. The lowest BCUT2D eigenvalue weighted by Gasteiger charge is -2.18. The van der Waals surface area contributed by atoms with Gasteiger partial charge in [-0.1, -0.05) is 71.6 Å². The van der Waals surface area contributed by atoms with Crippen molar-refractivity contribution in [3.63, 3.8) is 0 Å². The molecule has 1 saturated carbocycles. The van der Waals surface area contributed by atoms with Gasteiger partial charge in [-0.2, -0.15) is 0 Å². The molecule has 1 aliphatic rings. The Bertz CT molecular complexity index is 143. The van der Waals surface area contributed by atoms with Crippen molar-refractivity contribution in [3.05, 3.63) is 5.92 Å². The second-order valence-corrected chi connectivity index (χ2v) is 5.91. The van der Waals surface area contributed by atoms with Crippen molar-refractivity contribution in [1.82, 2.24) is 0 Å². The number of hydrogen-bond donors (Lipinski definition) is 0. The highest BCUT2D eigenvalue weighted by Gasteiger charge is 2.26. The average molecular weight is 237 g/mol. The van der Waals surface area contributed by atoms with E-state index in [1.165, 1.54) is 83.5 Å². The van der Waals surface area contributed by atoms with Gasteiger partial charge in [-0.25, -0.2) is 0 Å². The fraction of sp³-hybridized carbons (Fsp3) is 0.941. The van der Waals surface area contributed by atoms with Crippen molar-refractivity contribution in [2.24, 2.45) is 5.92 Å². The highest BCUT2D eigenvalue weighted by Crippen LogP contribution is 2.40. The summed E-state index contributed by atoms with van der Waals surface area (Å²) in [4.78, 5) is 0. The third-order valence-electron chi connectivity index (χ3n) is 4.39. The van der Waals surface area contributed by atoms with Crippen LogP contribution in [0.3, 0.4) is 0 Å². The van der Waals surface area contributed by atoms with Gasteiger partial charge in [-0.15, -0.1) is 0 Å². The minimum atomic E-state index is 1.02. The summed E-state index contributed by atoms with van der Waals surface area (Å²) in [5.41, 5.74) is 0. The van der Waals surface area contributed by atoms with Crippen LogP contribution in [0.5, 0.6) is 0 Å². The van der Waals surface area contributed by atoms with E-state index in [2.05, 4.69) is 13.8 Å². The summed E-state index contributed by atoms with van der Waals surface area (Å²) in [7, 11) is 0. The SMILES string of the molecule is CCCCCC[C]1CCCC1CCCCCC. The Morgan fingerprint density at radius 2 is 1.59 bits per heavy atom. The second kappa shape index (κ2) is 9.97. The maximum absolute atomic E-state index is 2.31. The number of rotatable bonds is 10. The Morgan fingerprint density at radius 3 is 2.29 bits per heavy atom. The fourth-order valence-corrected chi connectivity index (χ4v) is 3.26. The van der Waals surface area contributed by atoms with Crippen LogP contribution in [-0.4, -0.2) is 0 Å². The predicted molar refractivity (Wildman–Crippen MR) is 78.1 cm³/mol. The van der Waals surface area contributed by atoms with Crippen molar-refractivity contribution >= 4 is 0 Å². The Kier molecular flexibility index (Phi) is 8.83. The summed E-state index contributed by atoms with van der Waals surface area (Å²) in [6.07, 6.45) is 18.9. The largest absolute Gasteiger partial charge is 0.0654 e. The topological polar surface area (TPSA) is 0 Å². The summed E-state index contributed by atoms with van der Waals surface area (Å²) in [5.74, 6) is 2.96. The van der Waals surface area contributed by atoms with Crippen LogP contribution < -0.4 is 0 Å². The maximum atomic E-state index is 2.31. The molecule has 1 atom stereocenters. The normalized spacial score (nSPS) is 21.2. The Hall–Kier alpha value is 0. The van der Waals surface area contributed by atoms with Gasteiger partial charge in [-0.05, 0) is 37.5 Å². The molecule has 1 fully saturated rings. The highest BCUT2D eigenvalue weighted by molar-refractivity contribution is 5.01. The summed E-state index contributed by atoms with van der Waals surface area (Å²) in [6.45, 7) is 4.61. The van der Waals surface area contributed by atoms with Crippen molar-refractivity contribution in [1.29, 1.82) is 0 Å². The molecule has 1 radical (unpaired) electrons. The third kappa shape index (κ3) is 6.48. The molecule has 0 bridgehead atoms. The lowest BCUT2D eigenvalue weighted by molar-refractivity contribution is 0.461. The molecule has 0 aromatic heterocycles. The van der Waals surface area contributed by atoms with E-state index in [9.17, 15) is 0 Å². The number of hydrogen-bond acceptors (Lipinski definition) is 0. The van der Waals surface area contributed by atoms with Crippen LogP contribution in [0.4, 0.5) is 0 Å². The van der Waals surface area contributed by atoms with Crippen molar-refractivity contribution in [3.8, 4) is 0 Å². The zero-order chi connectivity index (χ0) is 12.3. The van der Waals surface area contributed by atoms with Crippen LogP contribution in [0.2, 0.25) is 0 Å². The van der Waals surface area contributed by atoms with Crippen LogP contribution in [0.25, 0.3) is 0 Å². The van der Waals surface area contributed by atoms with Gasteiger partial charge in [0.1, 0.15) is 0 Å². The van der Waals surface area contributed by atoms with Gasteiger partial charge in [-0.3, -0.25) is 0 Å². The van der Waals surface area contributed by atoms with Gasteiger partial charge in [0, 0.05) is 0 Å². The first-order chi connectivity index (χ1) is 8.38. The quantitative estimate of drug-likeness (QED) is 0.391. The van der Waals surface area contributed by atoms with Crippen LogP contribution in [0, 0.1) is 11.8 Å². The monoisotopic (exact) mass is 237 g/mol. The summed E-state index contributed by atoms with van der Waals surface area (Å²) in [6, 6.07) is 0. The van der Waals surface area contributed by atoms with E-state index in [1.807, 2.05) is 5.92 Å². The molecule has 0 aliphatic heterocycles. The van der Waals surface area contributed by atoms with E-state index in [4.69, 9.17) is 0 Å². The molecule has 0 aromatic rings. The lowest BCUT2D eigenvalue weighted by Crippen LogP contribution is -2.05. The Morgan fingerprint density at radius 1 is 0.882 bits per heavy atom. The molecule has 1 rings (SSSR count). The second-order valence-electron chi connectivity index (χ2n) is 5.91. The first kappa shape index (κ1) is 15.1. The van der Waals surface area contributed by atoms with Crippen LogP contribution in [0.15, 0.2) is 0 Å². The van der Waals surface area contributed by atoms with Gasteiger partial charge in [0.2, 0.25) is 0 Å². The smallest absolute Gasteiger partial charge is 0.0210 e. The molecular weight excluding hydrogens is 204 g/mol. The molecule has 0 heteroatoms. The standard InChI is InChI=1S/C17H33/c1-3-5-7-9-12-16-14-11-15-17(16)13-10-8-6-4-2/h16H,3-15H2,1-2H3. The molecule has 0 spiro atoms. The molecule has 0 heterocycles. The van der Waals surface area contributed by atoms with Crippen molar-refractivity contribution < 1.29 is 0 Å². The molecule has 17 heavy (non-hydrogen) atoms. The van der Waals surface area contributed by atoms with E-state index in [0.29, 0.717) is 0 Å². The van der Waals surface area contributed by atoms with E-state index < -0.39 is 0 Å². The zero-order valence-corrected chi connectivity index (χ0v) is 12.3. The summed E-state index contributed by atoms with van der Waals surface area (Å²) < 4.78 is 0. The summed E-state index contributed by atoms with van der Waals surface area (Å²) in [5, 5.41) is 0. The molecular formula is C17H33. The third-order valence-corrected chi connectivity index (χ3v) is 4.39. The summed E-state index contributed by atoms with van der Waals surface area (Å²) >= 11 is 0. The van der Waals surface area contributed by atoms with Crippen LogP contribution in [0.1, 0.15) is 97.3 Å². The van der Waals surface area contributed by atoms with E-state index in [1.54, 1.807) is 0 Å². The van der Waals surface area contributed by atoms with Gasteiger partial charge in [0.15, 0.2) is 0 Å². The molecule has 0 saturated heterocycles. The van der Waals surface area contributed by atoms with Crippen LogP contribution in [-0.2, 0) is 0 Å². The molecule has 101 valence electrons. The predicted octanol–water partition coefficient (Wildman–Crippen LogP) is 6.30. The van der Waals surface area contributed by atoms with E-state index in [-0.39, 0.29) is 0 Å². The highest BCUT2D eigenvalue weighted by atomic mass is 14.3. The maximum Gasteiger partial charge on any atom is -0.0210 e. The van der Waals surface area contributed by atoms with Gasteiger partial charge in [0.25, 0.3) is 0 Å². The fourth-order valence-electron chi connectivity index (χ4n) is 3.26. The van der Waals surface area contributed by atoms with E-state index in [0.717, 1.165) is 5.92 Å². The molecule has 1 aliphatic carbocycles. The number of unbranched alkanes of at least 4 members (excludes halogenated alkanes) is 6. The average Bonchev–Trinajstić information content (AvgIpc) is 2.78. The van der Waals surface area contributed by atoms with Crippen LogP contribution >= 0.6 is 0 Å². The zero-order valence-electron chi connectivity index (χ0n) is 12.3. The minimum Gasteiger partial charge on any atom is -0.0654 e. The molecule has 0 aromatic carbocycles. The first-order valence-electron chi connectivity index (χ1n) is 8.23. The van der Waals surface area contributed by atoms with Crippen molar-refractivity contribution in [2.45, 2.75) is 97.3 Å². The lowest BCUT2D eigenvalue weighted by atomic mass is 9.87. The minimum absolute atomic E-state index is 1.02. The Balaban J connectivity index is 2.06. The molecule has 0 N–H and O–H groups in total. The van der Waals surface area contributed by atoms with Gasteiger partial charge in [0.05, 0.1) is 0 Å². The van der Waals surface area contributed by atoms with Crippen molar-refractivity contribution in [2.75, 3.05) is 0 Å².